The zero-order valence-electron chi connectivity index (χ0n) is 28.9. The fourth-order valence-electron chi connectivity index (χ4n) is 5.26. The Morgan fingerprint density at radius 1 is 0.783 bits per heavy atom. The maximum Gasteiger partial charge on any atom is 0.407 e. The highest BCUT2D eigenvalue weighted by Crippen LogP contribution is 2.35. The van der Waals surface area contributed by atoms with Gasteiger partial charge in [-0.1, -0.05) is 109 Å². The summed E-state index contributed by atoms with van der Waals surface area (Å²) in [6, 6.07) is 13.5. The van der Waals surface area contributed by atoms with Gasteiger partial charge in [-0.2, -0.15) is 0 Å². The van der Waals surface area contributed by atoms with Gasteiger partial charge in [-0.15, -0.1) is 0 Å². The number of pyridine rings is 1. The number of unbranched alkanes of at least 4 members (excludes halogenated alkanes) is 15. The van der Waals surface area contributed by atoms with Crippen LogP contribution in [0.25, 0.3) is 0 Å². The third-order valence-electron chi connectivity index (χ3n) is 7.78. The first-order valence-electron chi connectivity index (χ1n) is 17.8. The van der Waals surface area contributed by atoms with Crippen LogP contribution in [-0.2, 0) is 20.5 Å². The second kappa shape index (κ2) is 26.8. The van der Waals surface area contributed by atoms with Gasteiger partial charge in [-0.25, -0.2) is 9.36 Å². The number of hydrogen-bond acceptors (Lipinski definition) is 6. The molecular formula is C37H62N2O6P+. The molecule has 0 fully saturated rings. The van der Waals surface area contributed by atoms with E-state index >= 15 is 0 Å². The first-order chi connectivity index (χ1) is 22.5. The molecule has 0 radical (unpaired) electrons. The summed E-state index contributed by atoms with van der Waals surface area (Å²) in [6.07, 6.45) is 24.1. The number of amides is 1. The molecule has 1 aromatic heterocycles. The Labute approximate surface area is 280 Å². The van der Waals surface area contributed by atoms with Crippen LogP contribution in [0.2, 0.25) is 0 Å². The lowest BCUT2D eigenvalue weighted by Crippen LogP contribution is -2.33. The number of hydrogen-bond donors (Lipinski definition) is 2. The van der Waals surface area contributed by atoms with Gasteiger partial charge in [0.2, 0.25) is 0 Å². The fourth-order valence-corrected chi connectivity index (χ4v) is 5.91. The molecule has 2 rings (SSSR count). The largest absolute Gasteiger partial charge is 0.447 e. The minimum atomic E-state index is -2.17. The fraction of sp³-hybridized carbons (Fsp3) is 0.676. The first kappa shape index (κ1) is 39.9. The molecule has 1 heterocycles. The van der Waals surface area contributed by atoms with E-state index < -0.39 is 20.8 Å². The van der Waals surface area contributed by atoms with Crippen LogP contribution in [0, 0.1) is 0 Å². The lowest BCUT2D eigenvalue weighted by atomic mass is 10.0. The minimum Gasteiger partial charge on any atom is -0.447 e. The summed E-state index contributed by atoms with van der Waals surface area (Å²) < 4.78 is 24.4. The van der Waals surface area contributed by atoms with E-state index in [1.807, 2.05) is 68.7 Å². The molecule has 1 aromatic carbocycles. The molecule has 0 aliphatic heterocycles. The van der Waals surface area contributed by atoms with Crippen molar-refractivity contribution in [3.8, 4) is 5.75 Å². The highest BCUT2D eigenvalue weighted by atomic mass is 31.2. The number of benzene rings is 1. The molecule has 0 aliphatic rings. The molecular weight excluding hydrogens is 599 g/mol. The molecule has 0 saturated carbocycles. The van der Waals surface area contributed by atoms with Crippen molar-refractivity contribution >= 4 is 14.7 Å². The van der Waals surface area contributed by atoms with Gasteiger partial charge < -0.3 is 24.2 Å². The Bertz CT molecular complexity index is 995. The zero-order valence-corrected chi connectivity index (χ0v) is 29.8. The number of carbonyl (C=O) groups is 1. The SMILES string of the molecule is CCCCCCCCCCCCCCCCCCNC(=O)OCC(COP(O)Oc1ccc(C[n+]2ccccc2)cc1)OC(C)C. The van der Waals surface area contributed by atoms with Crippen molar-refractivity contribution in [2.75, 3.05) is 19.8 Å². The van der Waals surface area contributed by atoms with Crippen molar-refractivity contribution in [1.29, 1.82) is 0 Å². The van der Waals surface area contributed by atoms with Crippen molar-refractivity contribution in [3.63, 3.8) is 0 Å². The second-order valence-electron chi connectivity index (χ2n) is 12.5. The van der Waals surface area contributed by atoms with Crippen LogP contribution in [0.3, 0.4) is 0 Å². The van der Waals surface area contributed by atoms with Gasteiger partial charge in [0.1, 0.15) is 18.5 Å². The van der Waals surface area contributed by atoms with Crippen LogP contribution < -0.4 is 14.4 Å². The van der Waals surface area contributed by atoms with Gasteiger partial charge in [0.05, 0.1) is 12.7 Å². The summed E-state index contributed by atoms with van der Waals surface area (Å²) in [5.74, 6) is 0.515. The summed E-state index contributed by atoms with van der Waals surface area (Å²) in [6.45, 7) is 7.48. The van der Waals surface area contributed by atoms with Crippen LogP contribution in [-0.4, -0.2) is 43.0 Å². The van der Waals surface area contributed by atoms with E-state index in [0.717, 1.165) is 24.9 Å². The van der Waals surface area contributed by atoms with Crippen LogP contribution in [0.4, 0.5) is 4.79 Å². The first-order valence-corrected chi connectivity index (χ1v) is 19.0. The molecule has 2 aromatic rings. The summed E-state index contributed by atoms with van der Waals surface area (Å²) in [4.78, 5) is 22.5. The molecule has 2 unspecified atom stereocenters. The van der Waals surface area contributed by atoms with E-state index in [9.17, 15) is 9.69 Å². The predicted molar refractivity (Wildman–Crippen MR) is 187 cm³/mol. The van der Waals surface area contributed by atoms with E-state index in [4.69, 9.17) is 18.5 Å². The second-order valence-corrected chi connectivity index (χ2v) is 13.4. The Kier molecular flexibility index (Phi) is 23.2. The van der Waals surface area contributed by atoms with Crippen LogP contribution >= 0.6 is 8.60 Å². The van der Waals surface area contributed by atoms with Crippen molar-refractivity contribution in [3.05, 3.63) is 60.4 Å². The topological polar surface area (TPSA) is 90.1 Å². The van der Waals surface area contributed by atoms with Gasteiger partial charge in [0.25, 0.3) is 0 Å². The summed E-state index contributed by atoms with van der Waals surface area (Å²) >= 11 is 0. The predicted octanol–water partition coefficient (Wildman–Crippen LogP) is 9.42. The molecule has 0 spiro atoms. The van der Waals surface area contributed by atoms with E-state index in [1.54, 1.807) is 0 Å². The standard InChI is InChI=1S/C37H61N2O6P/c1-4-5-6-7-8-9-10-11-12-13-14-15-16-17-18-20-27-38-37(40)42-31-36(44-33(2)3)32-43-46(41)45-35-25-23-34(24-26-35)30-39-28-21-19-22-29-39/h19,21-26,28-29,33,36,41H,4-18,20,27,30-32H2,1-3H3/p+1. The lowest BCUT2D eigenvalue weighted by Gasteiger charge is -2.21. The Hall–Kier alpha value is -2.25. The normalized spacial score (nSPS) is 12.6. The van der Waals surface area contributed by atoms with Crippen molar-refractivity contribution in [2.45, 2.75) is 142 Å². The molecule has 0 saturated heterocycles. The van der Waals surface area contributed by atoms with E-state index in [0.29, 0.717) is 12.3 Å². The molecule has 2 atom stereocenters. The van der Waals surface area contributed by atoms with Crippen molar-refractivity contribution < 1.29 is 32.8 Å². The average Bonchev–Trinajstić information content (AvgIpc) is 3.05. The molecule has 0 bridgehead atoms. The van der Waals surface area contributed by atoms with Gasteiger partial charge >= 0.3 is 14.7 Å². The van der Waals surface area contributed by atoms with E-state index in [-0.39, 0.29) is 19.3 Å². The van der Waals surface area contributed by atoms with Gasteiger partial charge in [-0.3, -0.25) is 4.52 Å². The van der Waals surface area contributed by atoms with Crippen molar-refractivity contribution in [2.24, 2.45) is 0 Å². The van der Waals surface area contributed by atoms with Gasteiger partial charge in [0, 0.05) is 24.2 Å². The summed E-state index contributed by atoms with van der Waals surface area (Å²) in [5, 5.41) is 2.83. The summed E-state index contributed by atoms with van der Waals surface area (Å²) in [5.41, 5.74) is 1.11. The molecule has 9 heteroatoms. The van der Waals surface area contributed by atoms with Crippen LogP contribution in [0.1, 0.15) is 129 Å². The Morgan fingerprint density at radius 3 is 1.87 bits per heavy atom. The molecule has 8 nitrogen and oxygen atoms in total. The Morgan fingerprint density at radius 2 is 1.33 bits per heavy atom. The third kappa shape index (κ3) is 21.5. The van der Waals surface area contributed by atoms with Gasteiger partial charge in [0.15, 0.2) is 18.9 Å². The maximum atomic E-state index is 12.2. The highest BCUT2D eigenvalue weighted by molar-refractivity contribution is 7.41. The molecule has 1 amide bonds. The number of carbonyl (C=O) groups excluding carboxylic acids is 1. The number of ether oxygens (including phenoxy) is 2. The zero-order chi connectivity index (χ0) is 33.1. The van der Waals surface area contributed by atoms with E-state index in [1.165, 1.54) is 89.9 Å². The lowest BCUT2D eigenvalue weighted by molar-refractivity contribution is -0.688. The average molecular weight is 662 g/mol. The van der Waals surface area contributed by atoms with Crippen LogP contribution in [0.5, 0.6) is 5.75 Å². The number of rotatable bonds is 28. The van der Waals surface area contributed by atoms with E-state index in [2.05, 4.69) is 16.8 Å². The Balaban J connectivity index is 1.48. The monoisotopic (exact) mass is 661 g/mol. The number of nitrogens with zero attached hydrogens (tertiary/aromatic N) is 1. The molecule has 2 N–H and O–H groups in total. The minimum absolute atomic E-state index is 0.0258. The molecule has 46 heavy (non-hydrogen) atoms. The highest BCUT2D eigenvalue weighted by Gasteiger charge is 2.19. The summed E-state index contributed by atoms with van der Waals surface area (Å²) in [7, 11) is -2.17. The number of nitrogens with one attached hydrogen (secondary N) is 1. The number of aromatic nitrogens is 1. The molecule has 260 valence electrons. The third-order valence-corrected chi connectivity index (χ3v) is 8.52. The van der Waals surface area contributed by atoms with Crippen molar-refractivity contribution in [1.82, 2.24) is 5.32 Å². The quantitative estimate of drug-likeness (QED) is 0.0537. The smallest absolute Gasteiger partial charge is 0.407 e. The molecule has 0 aliphatic carbocycles. The van der Waals surface area contributed by atoms with Crippen LogP contribution in [0.15, 0.2) is 54.9 Å². The van der Waals surface area contributed by atoms with Gasteiger partial charge in [-0.05, 0) is 44.5 Å². The number of alkyl carbamates (subject to hydrolysis) is 1. The maximum absolute atomic E-state index is 12.2.